The van der Waals surface area contributed by atoms with Gasteiger partial charge in [-0.2, -0.15) is 0 Å². The summed E-state index contributed by atoms with van der Waals surface area (Å²) in [6.07, 6.45) is 122. The number of quaternary nitrogens is 1. The van der Waals surface area contributed by atoms with E-state index in [1.807, 2.05) is 21.1 Å². The van der Waals surface area contributed by atoms with Gasteiger partial charge in [0, 0.05) is 12.8 Å². The summed E-state index contributed by atoms with van der Waals surface area (Å²) in [5.74, 6) is -2.06. The van der Waals surface area contributed by atoms with Crippen LogP contribution < -0.4 is 0 Å². The average Bonchev–Trinajstić information content (AvgIpc) is 1.97. The number of carboxylic acid groups (broad SMARTS) is 1. The number of aliphatic carboxylic acids is 1. The fourth-order valence-electron chi connectivity index (χ4n) is 12.5. The Morgan fingerprint density at radius 1 is 0.295 bits per heavy atom. The van der Waals surface area contributed by atoms with E-state index in [1.54, 1.807) is 0 Å². The van der Waals surface area contributed by atoms with E-state index in [0.29, 0.717) is 17.4 Å². The molecule has 2 unspecified atom stereocenters. The van der Waals surface area contributed by atoms with E-state index < -0.39 is 24.3 Å². The van der Waals surface area contributed by atoms with E-state index >= 15 is 0 Å². The van der Waals surface area contributed by atoms with Crippen LogP contribution in [0.5, 0.6) is 0 Å². The Morgan fingerprint density at radius 3 is 0.810 bits per heavy atom. The maximum atomic E-state index is 13.0. The van der Waals surface area contributed by atoms with Gasteiger partial charge >= 0.3 is 17.9 Å². The Balaban J connectivity index is 4.06. The standard InChI is InChI=1S/C96H165NO8/c1-6-8-10-12-14-16-18-20-22-24-26-28-30-32-34-36-38-40-42-44-46-47-49-50-52-54-56-58-60-62-64-66-68-70-72-74-76-78-80-82-84-86-93(98)103-90-92(91-104-96(95(100)101)102-89-88-97(3,4)5)105-94(99)87-85-83-81-79-77-75-73-71-69-67-65-63-61-59-57-55-53-51-48-45-43-41-39-37-35-33-31-29-27-25-23-21-19-17-15-13-11-9-7-2/h9,11,15,17,21,23,27,29,33,35,39,41,45,48,53,55,59,61,65,67,71,73,77,79,92,96H,6-8,10,12-14,16,18-20,22,24-26,28,30-32,34,36-38,40,42-44,46-47,49-52,54,56-58,60,62-64,66,68-70,72,74-76,78,80-91H2,1-5H3/p+1/b11-9-,17-15-,23-21-,29-27-,35-33-,41-39-,48-45-,55-53-,61-59-,67-65-,73-71-,79-77-. The SMILES string of the molecule is CC/C=C\C/C=C\C/C=C\C/C=C\C/C=C\C/C=C\C/C=C\C/C=C\C/C=C\C/C=C\C/C=C\C/C=C\CCCCC(=O)OC(COC(=O)CCCCCCCCCCCCCCCCCCCCCCCCCCCCCCCCCCCCCCCCCCC)COC(OCC[N+](C)(C)C)C(=O)O. The molecule has 2 atom stereocenters. The fourth-order valence-corrected chi connectivity index (χ4v) is 12.5. The van der Waals surface area contributed by atoms with Gasteiger partial charge in [0.1, 0.15) is 13.2 Å². The van der Waals surface area contributed by atoms with Crippen LogP contribution in [0, 0.1) is 0 Å². The molecular weight excluding hydrogens is 1300 g/mol. The first-order valence-corrected chi connectivity index (χ1v) is 44.0. The first kappa shape index (κ1) is 100. The summed E-state index contributed by atoms with van der Waals surface area (Å²) in [7, 11) is 5.97. The van der Waals surface area contributed by atoms with E-state index in [-0.39, 0.29) is 38.6 Å². The Morgan fingerprint density at radius 2 is 0.543 bits per heavy atom. The van der Waals surface area contributed by atoms with Crippen molar-refractivity contribution in [1.29, 1.82) is 0 Å². The predicted molar refractivity (Wildman–Crippen MR) is 456 cm³/mol. The molecule has 0 aromatic carbocycles. The molecule has 9 heteroatoms. The van der Waals surface area contributed by atoms with Crippen molar-refractivity contribution in [3.63, 3.8) is 0 Å². The molecule has 0 aromatic heterocycles. The van der Waals surface area contributed by atoms with Crippen LogP contribution in [-0.4, -0.2) is 87.4 Å². The number of rotatable bonds is 81. The zero-order valence-corrected chi connectivity index (χ0v) is 69.1. The number of allylic oxidation sites excluding steroid dienone is 24. The molecule has 0 bridgehead atoms. The largest absolute Gasteiger partial charge is 0.477 e. The maximum Gasteiger partial charge on any atom is 0.361 e. The lowest BCUT2D eigenvalue weighted by Gasteiger charge is -2.25. The molecule has 1 N–H and O–H groups in total. The van der Waals surface area contributed by atoms with Crippen LogP contribution in [0.2, 0.25) is 0 Å². The average molecular weight is 1460 g/mol. The van der Waals surface area contributed by atoms with Gasteiger partial charge < -0.3 is 28.5 Å². The van der Waals surface area contributed by atoms with Crippen LogP contribution in [0.25, 0.3) is 0 Å². The zero-order chi connectivity index (χ0) is 76.0. The third kappa shape index (κ3) is 86.3. The first-order chi connectivity index (χ1) is 51.6. The quantitative estimate of drug-likeness (QED) is 0.0211. The van der Waals surface area contributed by atoms with Crippen LogP contribution in [-0.2, 0) is 33.3 Å². The van der Waals surface area contributed by atoms with Crippen molar-refractivity contribution in [2.45, 2.75) is 399 Å². The van der Waals surface area contributed by atoms with Gasteiger partial charge in [-0.25, -0.2) is 4.79 Å². The number of hydrogen-bond donors (Lipinski definition) is 1. The molecule has 105 heavy (non-hydrogen) atoms. The zero-order valence-electron chi connectivity index (χ0n) is 69.1. The molecule has 0 aliphatic rings. The first-order valence-electron chi connectivity index (χ1n) is 44.0. The molecule has 0 amide bonds. The number of carbonyl (C=O) groups is 3. The van der Waals surface area contributed by atoms with Crippen LogP contribution in [0.15, 0.2) is 146 Å². The summed E-state index contributed by atoms with van der Waals surface area (Å²) < 4.78 is 23.0. The summed E-state index contributed by atoms with van der Waals surface area (Å²) >= 11 is 0. The molecule has 0 aliphatic carbocycles. The minimum Gasteiger partial charge on any atom is -0.477 e. The fraction of sp³-hybridized carbons (Fsp3) is 0.719. The molecule has 0 fully saturated rings. The number of unbranched alkanes of at least 4 members (excludes halogenated alkanes) is 42. The Bertz CT molecular complexity index is 2250. The molecule has 0 aliphatic heterocycles. The van der Waals surface area contributed by atoms with Crippen molar-refractivity contribution >= 4 is 17.9 Å². The summed E-state index contributed by atoms with van der Waals surface area (Å²) in [6.45, 7) is 4.75. The highest BCUT2D eigenvalue weighted by Crippen LogP contribution is 2.20. The van der Waals surface area contributed by atoms with Crippen LogP contribution in [0.1, 0.15) is 386 Å². The third-order valence-corrected chi connectivity index (χ3v) is 19.1. The lowest BCUT2D eigenvalue weighted by Crippen LogP contribution is -2.40. The van der Waals surface area contributed by atoms with E-state index in [0.717, 1.165) is 109 Å². The summed E-state index contributed by atoms with van der Waals surface area (Å²) in [4.78, 5) is 37.8. The van der Waals surface area contributed by atoms with E-state index in [2.05, 4.69) is 160 Å². The molecule has 0 radical (unpaired) electrons. The van der Waals surface area contributed by atoms with Gasteiger partial charge in [-0.05, 0) is 103 Å². The number of ether oxygens (including phenoxy) is 4. The molecule has 0 rings (SSSR count). The van der Waals surface area contributed by atoms with E-state index in [9.17, 15) is 19.5 Å². The Hall–Kier alpha value is -4.83. The summed E-state index contributed by atoms with van der Waals surface area (Å²) in [6, 6.07) is 0. The smallest absolute Gasteiger partial charge is 0.361 e. The van der Waals surface area contributed by atoms with Gasteiger partial charge in [-0.15, -0.1) is 0 Å². The Kier molecular flexibility index (Phi) is 80.9. The second kappa shape index (κ2) is 84.8. The van der Waals surface area contributed by atoms with Crippen LogP contribution >= 0.6 is 0 Å². The van der Waals surface area contributed by atoms with Gasteiger partial charge in [0.15, 0.2) is 6.10 Å². The van der Waals surface area contributed by atoms with Crippen molar-refractivity contribution in [3.05, 3.63) is 146 Å². The lowest BCUT2D eigenvalue weighted by molar-refractivity contribution is -0.870. The second-order valence-electron chi connectivity index (χ2n) is 30.5. The van der Waals surface area contributed by atoms with Crippen molar-refractivity contribution < 1.29 is 42.9 Å². The summed E-state index contributed by atoms with van der Waals surface area (Å²) in [5.41, 5.74) is 0. The lowest BCUT2D eigenvalue weighted by atomic mass is 10.0. The molecule has 9 nitrogen and oxygen atoms in total. The number of hydrogen-bond acceptors (Lipinski definition) is 7. The van der Waals surface area contributed by atoms with Crippen LogP contribution in [0.4, 0.5) is 0 Å². The summed E-state index contributed by atoms with van der Waals surface area (Å²) in [5, 5.41) is 9.78. The molecule has 0 heterocycles. The van der Waals surface area contributed by atoms with Gasteiger partial charge in [0.2, 0.25) is 0 Å². The normalized spacial score (nSPS) is 13.3. The molecule has 0 spiro atoms. The highest BCUT2D eigenvalue weighted by molar-refractivity contribution is 5.71. The highest BCUT2D eigenvalue weighted by Gasteiger charge is 2.25. The van der Waals surface area contributed by atoms with Gasteiger partial charge in [0.05, 0.1) is 34.4 Å². The van der Waals surface area contributed by atoms with Gasteiger partial charge in [-0.3, -0.25) is 9.59 Å². The molecule has 602 valence electrons. The minimum absolute atomic E-state index is 0.173. The van der Waals surface area contributed by atoms with Crippen molar-refractivity contribution in [2.24, 2.45) is 0 Å². The predicted octanol–water partition coefficient (Wildman–Crippen LogP) is 28.9. The third-order valence-electron chi connectivity index (χ3n) is 19.1. The van der Waals surface area contributed by atoms with E-state index in [4.69, 9.17) is 18.9 Å². The number of carbonyl (C=O) groups excluding carboxylic acids is 2. The van der Waals surface area contributed by atoms with Crippen molar-refractivity contribution in [1.82, 2.24) is 0 Å². The maximum absolute atomic E-state index is 13.0. The molecule has 0 saturated carbocycles. The van der Waals surface area contributed by atoms with Crippen molar-refractivity contribution in [2.75, 3.05) is 47.5 Å². The monoisotopic (exact) mass is 1460 g/mol. The van der Waals surface area contributed by atoms with Gasteiger partial charge in [-0.1, -0.05) is 417 Å². The molecule has 0 aromatic rings. The number of likely N-dealkylation sites (N-methyl/N-ethyl adjacent to an activating group) is 1. The number of nitrogens with zero attached hydrogens (tertiary/aromatic N) is 1. The topological polar surface area (TPSA) is 108 Å². The van der Waals surface area contributed by atoms with Gasteiger partial charge in [0.25, 0.3) is 6.29 Å². The molecular formula is C96H166NO8+. The van der Waals surface area contributed by atoms with Crippen LogP contribution in [0.3, 0.4) is 0 Å². The Labute approximate surface area is 649 Å². The highest BCUT2D eigenvalue weighted by atomic mass is 16.7. The number of carboxylic acids is 1. The minimum atomic E-state index is -1.53. The van der Waals surface area contributed by atoms with E-state index in [1.165, 1.54) is 244 Å². The second-order valence-corrected chi connectivity index (χ2v) is 30.5. The number of esters is 2. The molecule has 0 saturated heterocycles. The van der Waals surface area contributed by atoms with Crippen molar-refractivity contribution in [3.8, 4) is 0 Å².